The topological polar surface area (TPSA) is 38.5 Å². The monoisotopic (exact) mass is 248 g/mol. The number of nitrogens with zero attached hydrogens (tertiary/aromatic N) is 1. The SMILES string of the molecule is CN(C)CCCOc1ccc2c(c1)[C@@H](N)CCC2. The van der Waals surface area contributed by atoms with Crippen molar-refractivity contribution in [2.24, 2.45) is 5.73 Å². The van der Waals surface area contributed by atoms with Crippen molar-refractivity contribution in [3.05, 3.63) is 29.3 Å². The van der Waals surface area contributed by atoms with E-state index in [0.29, 0.717) is 0 Å². The molecule has 0 fully saturated rings. The number of ether oxygens (including phenoxy) is 1. The predicted molar refractivity (Wildman–Crippen MR) is 75.0 cm³/mol. The summed E-state index contributed by atoms with van der Waals surface area (Å²) in [5.41, 5.74) is 8.83. The van der Waals surface area contributed by atoms with Gasteiger partial charge in [-0.25, -0.2) is 0 Å². The van der Waals surface area contributed by atoms with Crippen LogP contribution in [0.3, 0.4) is 0 Å². The second-order valence-corrected chi connectivity index (χ2v) is 5.36. The maximum Gasteiger partial charge on any atom is 0.119 e. The third-order valence-electron chi connectivity index (χ3n) is 3.50. The van der Waals surface area contributed by atoms with Gasteiger partial charge in [0.15, 0.2) is 0 Å². The average Bonchev–Trinajstić information content (AvgIpc) is 2.35. The molecule has 0 aromatic heterocycles. The summed E-state index contributed by atoms with van der Waals surface area (Å²) in [5.74, 6) is 0.963. The number of fused-ring (bicyclic) bond motifs is 1. The summed E-state index contributed by atoms with van der Waals surface area (Å²) >= 11 is 0. The molecule has 18 heavy (non-hydrogen) atoms. The van der Waals surface area contributed by atoms with Crippen LogP contribution >= 0.6 is 0 Å². The van der Waals surface area contributed by atoms with E-state index < -0.39 is 0 Å². The lowest BCUT2D eigenvalue weighted by atomic mass is 9.88. The van der Waals surface area contributed by atoms with E-state index >= 15 is 0 Å². The van der Waals surface area contributed by atoms with Crippen molar-refractivity contribution >= 4 is 0 Å². The van der Waals surface area contributed by atoms with Gasteiger partial charge in [0, 0.05) is 12.6 Å². The van der Waals surface area contributed by atoms with Crippen LogP contribution in [-0.2, 0) is 6.42 Å². The molecule has 100 valence electrons. The van der Waals surface area contributed by atoms with Gasteiger partial charge < -0.3 is 15.4 Å². The molecule has 0 aliphatic heterocycles. The predicted octanol–water partition coefficient (Wildman–Crippen LogP) is 2.35. The Morgan fingerprint density at radius 3 is 3.00 bits per heavy atom. The minimum absolute atomic E-state index is 0.194. The highest BCUT2D eigenvalue weighted by molar-refractivity contribution is 5.39. The standard InChI is InChI=1S/C15H24N2O/c1-17(2)9-4-10-18-13-8-7-12-5-3-6-15(16)14(12)11-13/h7-8,11,15H,3-6,9-10,16H2,1-2H3/t15-/m0/s1. The van der Waals surface area contributed by atoms with Gasteiger partial charge in [-0.05, 0) is 63.0 Å². The first-order valence-corrected chi connectivity index (χ1v) is 6.83. The lowest BCUT2D eigenvalue weighted by molar-refractivity contribution is 0.281. The zero-order valence-corrected chi connectivity index (χ0v) is 11.5. The lowest BCUT2D eigenvalue weighted by Gasteiger charge is -2.22. The summed E-state index contributed by atoms with van der Waals surface area (Å²) in [6, 6.07) is 6.58. The van der Waals surface area contributed by atoms with E-state index in [1.165, 1.54) is 17.5 Å². The molecule has 0 unspecified atom stereocenters. The number of hydrogen-bond donors (Lipinski definition) is 1. The van der Waals surface area contributed by atoms with Crippen LogP contribution in [0.1, 0.15) is 36.4 Å². The highest BCUT2D eigenvalue weighted by atomic mass is 16.5. The molecule has 1 aliphatic rings. The molecule has 0 heterocycles. The highest BCUT2D eigenvalue weighted by Gasteiger charge is 2.17. The number of aryl methyl sites for hydroxylation is 1. The fourth-order valence-corrected chi connectivity index (χ4v) is 2.47. The average molecular weight is 248 g/mol. The smallest absolute Gasteiger partial charge is 0.119 e. The minimum Gasteiger partial charge on any atom is -0.494 e. The normalized spacial score (nSPS) is 18.8. The molecule has 1 atom stereocenters. The number of nitrogens with two attached hydrogens (primary N) is 1. The Morgan fingerprint density at radius 1 is 1.39 bits per heavy atom. The molecule has 0 saturated carbocycles. The minimum atomic E-state index is 0.194. The first-order chi connectivity index (χ1) is 8.66. The summed E-state index contributed by atoms with van der Waals surface area (Å²) in [6.07, 6.45) is 4.51. The highest BCUT2D eigenvalue weighted by Crippen LogP contribution is 2.30. The van der Waals surface area contributed by atoms with Crippen molar-refractivity contribution in [2.75, 3.05) is 27.2 Å². The first kappa shape index (κ1) is 13.4. The Labute approximate surface area is 110 Å². The van der Waals surface area contributed by atoms with E-state index in [4.69, 9.17) is 10.5 Å². The van der Waals surface area contributed by atoms with Gasteiger partial charge in [0.05, 0.1) is 6.61 Å². The summed E-state index contributed by atoms with van der Waals surface area (Å²) in [4.78, 5) is 2.17. The Kier molecular flexibility index (Phi) is 4.61. The molecule has 0 bridgehead atoms. The van der Waals surface area contributed by atoms with Crippen molar-refractivity contribution in [3.63, 3.8) is 0 Å². The van der Waals surface area contributed by atoms with E-state index in [-0.39, 0.29) is 6.04 Å². The Morgan fingerprint density at radius 2 is 2.22 bits per heavy atom. The number of rotatable bonds is 5. The fraction of sp³-hybridized carbons (Fsp3) is 0.600. The van der Waals surface area contributed by atoms with E-state index in [0.717, 1.165) is 38.2 Å². The molecule has 1 aromatic rings. The zero-order chi connectivity index (χ0) is 13.0. The summed E-state index contributed by atoms with van der Waals surface area (Å²) < 4.78 is 5.79. The van der Waals surface area contributed by atoms with E-state index in [1.807, 2.05) is 0 Å². The van der Waals surface area contributed by atoms with Crippen LogP contribution in [0, 0.1) is 0 Å². The van der Waals surface area contributed by atoms with Gasteiger partial charge in [0.2, 0.25) is 0 Å². The van der Waals surface area contributed by atoms with E-state index in [9.17, 15) is 0 Å². The Hall–Kier alpha value is -1.06. The molecule has 0 amide bonds. The van der Waals surface area contributed by atoms with Crippen LogP contribution in [0.2, 0.25) is 0 Å². The molecule has 2 N–H and O–H groups in total. The van der Waals surface area contributed by atoms with Gasteiger partial charge in [0.1, 0.15) is 5.75 Å². The molecular weight excluding hydrogens is 224 g/mol. The first-order valence-electron chi connectivity index (χ1n) is 6.83. The Bertz CT molecular complexity index is 390. The molecule has 2 rings (SSSR count). The maximum atomic E-state index is 6.15. The lowest BCUT2D eigenvalue weighted by Crippen LogP contribution is -2.18. The van der Waals surface area contributed by atoms with Gasteiger partial charge in [0.25, 0.3) is 0 Å². The molecule has 0 saturated heterocycles. The van der Waals surface area contributed by atoms with Crippen molar-refractivity contribution in [3.8, 4) is 5.75 Å². The fourth-order valence-electron chi connectivity index (χ4n) is 2.47. The van der Waals surface area contributed by atoms with Gasteiger partial charge >= 0.3 is 0 Å². The molecule has 0 spiro atoms. The van der Waals surface area contributed by atoms with Crippen LogP contribution in [-0.4, -0.2) is 32.1 Å². The maximum absolute atomic E-state index is 6.15. The van der Waals surface area contributed by atoms with Crippen LogP contribution in [0.25, 0.3) is 0 Å². The van der Waals surface area contributed by atoms with Gasteiger partial charge in [-0.15, -0.1) is 0 Å². The quantitative estimate of drug-likeness (QED) is 0.813. The van der Waals surface area contributed by atoms with Gasteiger partial charge in [-0.2, -0.15) is 0 Å². The van der Waals surface area contributed by atoms with Crippen molar-refractivity contribution in [1.29, 1.82) is 0 Å². The van der Waals surface area contributed by atoms with Gasteiger partial charge in [-0.1, -0.05) is 6.07 Å². The number of hydrogen-bond acceptors (Lipinski definition) is 3. The Balaban J connectivity index is 1.92. The van der Waals surface area contributed by atoms with Crippen LogP contribution in [0.5, 0.6) is 5.75 Å². The molecule has 1 aromatic carbocycles. The molecule has 0 radical (unpaired) electrons. The molecular formula is C15H24N2O. The molecule has 3 nitrogen and oxygen atoms in total. The van der Waals surface area contributed by atoms with Gasteiger partial charge in [-0.3, -0.25) is 0 Å². The van der Waals surface area contributed by atoms with Crippen molar-refractivity contribution in [1.82, 2.24) is 4.90 Å². The van der Waals surface area contributed by atoms with Crippen molar-refractivity contribution < 1.29 is 4.74 Å². The summed E-state index contributed by atoms with van der Waals surface area (Å²) in [5, 5.41) is 0. The third-order valence-corrected chi connectivity index (χ3v) is 3.50. The van der Waals surface area contributed by atoms with Crippen LogP contribution in [0.4, 0.5) is 0 Å². The molecule has 1 aliphatic carbocycles. The van der Waals surface area contributed by atoms with E-state index in [1.54, 1.807) is 0 Å². The summed E-state index contributed by atoms with van der Waals surface area (Å²) in [7, 11) is 4.16. The van der Waals surface area contributed by atoms with Crippen LogP contribution < -0.4 is 10.5 Å². The zero-order valence-electron chi connectivity index (χ0n) is 11.5. The summed E-state index contributed by atoms with van der Waals surface area (Å²) in [6.45, 7) is 1.83. The largest absolute Gasteiger partial charge is 0.494 e. The van der Waals surface area contributed by atoms with Crippen molar-refractivity contribution in [2.45, 2.75) is 31.7 Å². The van der Waals surface area contributed by atoms with Crippen LogP contribution in [0.15, 0.2) is 18.2 Å². The molecule has 3 heteroatoms. The second kappa shape index (κ2) is 6.21. The second-order valence-electron chi connectivity index (χ2n) is 5.36. The number of benzene rings is 1. The van der Waals surface area contributed by atoms with E-state index in [2.05, 4.69) is 37.2 Å². The third kappa shape index (κ3) is 3.47.